The molecule has 20 heavy (non-hydrogen) atoms. The Labute approximate surface area is 119 Å². The van der Waals surface area contributed by atoms with Gasteiger partial charge in [-0.15, -0.1) is 0 Å². The van der Waals surface area contributed by atoms with Crippen LogP contribution in [0.25, 0.3) is 0 Å². The molecule has 1 aromatic rings. The highest BCUT2D eigenvalue weighted by molar-refractivity contribution is 7.92. The fraction of sp³-hybridized carbons (Fsp3) is 0.462. The van der Waals surface area contributed by atoms with Gasteiger partial charge in [-0.1, -0.05) is 12.1 Å². The molecular weight excluding hydrogens is 278 g/mol. The van der Waals surface area contributed by atoms with Gasteiger partial charge >= 0.3 is 0 Å². The largest absolute Gasteiger partial charge is 0.352 e. The summed E-state index contributed by atoms with van der Waals surface area (Å²) in [5.41, 5.74) is 5.99. The molecule has 0 heterocycles. The van der Waals surface area contributed by atoms with E-state index in [1.807, 2.05) is 0 Å². The fourth-order valence-electron chi connectivity index (χ4n) is 1.58. The van der Waals surface area contributed by atoms with Crippen molar-refractivity contribution in [1.82, 2.24) is 5.32 Å². The van der Waals surface area contributed by atoms with Crippen LogP contribution in [0.1, 0.15) is 30.1 Å². The second kappa shape index (κ2) is 7.86. The maximum Gasteiger partial charge on any atom is 0.253 e. The Hall–Kier alpha value is -1.60. The normalized spacial score (nSPS) is 11.1. The van der Waals surface area contributed by atoms with E-state index < -0.39 is 10.0 Å². The highest BCUT2D eigenvalue weighted by Crippen LogP contribution is 2.16. The molecule has 1 aromatic carbocycles. The van der Waals surface area contributed by atoms with Crippen molar-refractivity contribution in [2.24, 2.45) is 5.73 Å². The minimum atomic E-state index is -3.40. The topological polar surface area (TPSA) is 101 Å². The van der Waals surface area contributed by atoms with E-state index in [0.717, 1.165) is 12.8 Å². The zero-order valence-electron chi connectivity index (χ0n) is 11.6. The van der Waals surface area contributed by atoms with Gasteiger partial charge in [0.25, 0.3) is 5.91 Å². The Morgan fingerprint density at radius 2 is 1.95 bits per heavy atom. The lowest BCUT2D eigenvalue weighted by atomic mass is 10.1. The van der Waals surface area contributed by atoms with Crippen LogP contribution in [0.3, 0.4) is 0 Å². The molecule has 0 bridgehead atoms. The molecule has 0 atom stereocenters. The number of hydrogen-bond acceptors (Lipinski definition) is 4. The van der Waals surface area contributed by atoms with E-state index in [0.29, 0.717) is 24.3 Å². The van der Waals surface area contributed by atoms with Crippen LogP contribution in [0.4, 0.5) is 5.69 Å². The van der Waals surface area contributed by atoms with Gasteiger partial charge in [-0.3, -0.25) is 9.52 Å². The Morgan fingerprint density at radius 3 is 2.60 bits per heavy atom. The SMILES string of the molecule is CCS(=O)(=O)Nc1ccccc1C(=O)NCCCCN. The number of anilines is 1. The molecule has 4 N–H and O–H groups in total. The predicted molar refractivity (Wildman–Crippen MR) is 80.1 cm³/mol. The summed E-state index contributed by atoms with van der Waals surface area (Å²) < 4.78 is 25.6. The first-order chi connectivity index (χ1) is 9.50. The number of carbonyl (C=O) groups excluding carboxylic acids is 1. The Bertz CT molecular complexity index is 544. The molecule has 0 aromatic heterocycles. The lowest BCUT2D eigenvalue weighted by Gasteiger charge is -2.11. The maximum atomic E-state index is 12.0. The van der Waals surface area contributed by atoms with E-state index in [4.69, 9.17) is 5.73 Å². The molecule has 1 amide bonds. The van der Waals surface area contributed by atoms with Gasteiger partial charge in [0, 0.05) is 6.54 Å². The summed E-state index contributed by atoms with van der Waals surface area (Å²) in [5, 5.41) is 2.75. The van der Waals surface area contributed by atoms with Gasteiger partial charge in [0.1, 0.15) is 0 Å². The number of unbranched alkanes of at least 4 members (excludes halogenated alkanes) is 1. The third kappa shape index (κ3) is 5.18. The van der Waals surface area contributed by atoms with Crippen LogP contribution < -0.4 is 15.8 Å². The maximum absolute atomic E-state index is 12.0. The van der Waals surface area contributed by atoms with Crippen LogP contribution in [-0.2, 0) is 10.0 Å². The number of amides is 1. The first-order valence-corrected chi connectivity index (χ1v) is 8.23. The zero-order valence-corrected chi connectivity index (χ0v) is 12.4. The van der Waals surface area contributed by atoms with E-state index in [2.05, 4.69) is 10.0 Å². The third-order valence-electron chi connectivity index (χ3n) is 2.73. The first-order valence-electron chi connectivity index (χ1n) is 6.58. The molecular formula is C13H21N3O3S. The van der Waals surface area contributed by atoms with Crippen molar-refractivity contribution < 1.29 is 13.2 Å². The van der Waals surface area contributed by atoms with Gasteiger partial charge in [-0.05, 0) is 38.4 Å². The molecule has 0 radical (unpaired) electrons. The summed E-state index contributed by atoms with van der Waals surface area (Å²) in [6.07, 6.45) is 1.63. The quantitative estimate of drug-likeness (QED) is 0.621. The Kier molecular flexibility index (Phi) is 6.47. The lowest BCUT2D eigenvalue weighted by molar-refractivity contribution is 0.0954. The monoisotopic (exact) mass is 299 g/mol. The number of para-hydroxylation sites is 1. The predicted octanol–water partition coefficient (Wildman–Crippen LogP) is 0.917. The summed E-state index contributed by atoms with van der Waals surface area (Å²) in [4.78, 5) is 12.0. The van der Waals surface area contributed by atoms with E-state index in [9.17, 15) is 13.2 Å². The number of carbonyl (C=O) groups is 1. The van der Waals surface area contributed by atoms with Crippen molar-refractivity contribution in [3.63, 3.8) is 0 Å². The third-order valence-corrected chi connectivity index (χ3v) is 4.02. The zero-order chi connectivity index (χ0) is 15.0. The van der Waals surface area contributed by atoms with Crippen molar-refractivity contribution in [2.45, 2.75) is 19.8 Å². The number of benzene rings is 1. The smallest absolute Gasteiger partial charge is 0.253 e. The molecule has 1 rings (SSSR count). The molecule has 0 spiro atoms. The van der Waals surface area contributed by atoms with E-state index in [1.165, 1.54) is 6.92 Å². The molecule has 0 saturated heterocycles. The van der Waals surface area contributed by atoms with Crippen molar-refractivity contribution in [3.8, 4) is 0 Å². The second-order valence-electron chi connectivity index (χ2n) is 4.30. The van der Waals surface area contributed by atoms with Gasteiger partial charge in [0.05, 0.1) is 17.0 Å². The molecule has 6 nitrogen and oxygen atoms in total. The van der Waals surface area contributed by atoms with E-state index in [-0.39, 0.29) is 11.7 Å². The lowest BCUT2D eigenvalue weighted by Crippen LogP contribution is -2.26. The second-order valence-corrected chi connectivity index (χ2v) is 6.31. The van der Waals surface area contributed by atoms with Crippen LogP contribution >= 0.6 is 0 Å². The Morgan fingerprint density at radius 1 is 1.25 bits per heavy atom. The first kappa shape index (κ1) is 16.5. The molecule has 0 saturated carbocycles. The number of nitrogens with one attached hydrogen (secondary N) is 2. The minimum Gasteiger partial charge on any atom is -0.352 e. The van der Waals surface area contributed by atoms with Crippen molar-refractivity contribution in [3.05, 3.63) is 29.8 Å². The number of rotatable bonds is 8. The standard InChI is InChI=1S/C13H21N3O3S/c1-2-20(18,19)16-12-8-4-3-7-11(12)13(17)15-10-6-5-9-14/h3-4,7-8,16H,2,5-6,9-10,14H2,1H3,(H,15,17). The van der Waals surface area contributed by atoms with Crippen molar-refractivity contribution in [2.75, 3.05) is 23.6 Å². The highest BCUT2D eigenvalue weighted by atomic mass is 32.2. The minimum absolute atomic E-state index is 0.0422. The van der Waals surface area contributed by atoms with E-state index >= 15 is 0 Å². The highest BCUT2D eigenvalue weighted by Gasteiger charge is 2.14. The molecule has 0 unspecified atom stereocenters. The van der Waals surface area contributed by atoms with Gasteiger partial charge in [-0.2, -0.15) is 0 Å². The molecule has 0 aliphatic rings. The number of nitrogens with two attached hydrogens (primary N) is 1. The van der Waals surface area contributed by atoms with Crippen LogP contribution in [0.15, 0.2) is 24.3 Å². The van der Waals surface area contributed by atoms with Gasteiger partial charge in [-0.25, -0.2) is 8.42 Å². The summed E-state index contributed by atoms with van der Waals surface area (Å²) in [7, 11) is -3.40. The van der Waals surface area contributed by atoms with Crippen molar-refractivity contribution >= 4 is 21.6 Å². The fourth-order valence-corrected chi connectivity index (χ4v) is 2.23. The van der Waals surface area contributed by atoms with Gasteiger partial charge in [0.2, 0.25) is 10.0 Å². The van der Waals surface area contributed by atoms with Crippen LogP contribution in [0.2, 0.25) is 0 Å². The molecule has 0 fully saturated rings. The van der Waals surface area contributed by atoms with Gasteiger partial charge in [0.15, 0.2) is 0 Å². The Balaban J connectivity index is 2.77. The van der Waals surface area contributed by atoms with Gasteiger partial charge < -0.3 is 11.1 Å². The average molecular weight is 299 g/mol. The number of hydrogen-bond donors (Lipinski definition) is 3. The van der Waals surface area contributed by atoms with Crippen molar-refractivity contribution in [1.29, 1.82) is 0 Å². The average Bonchev–Trinajstić information content (AvgIpc) is 2.43. The summed E-state index contributed by atoms with van der Waals surface area (Å²) in [6.45, 7) is 2.64. The summed E-state index contributed by atoms with van der Waals surface area (Å²) in [6, 6.07) is 6.53. The molecule has 7 heteroatoms. The number of sulfonamides is 1. The summed E-state index contributed by atoms with van der Waals surface area (Å²) >= 11 is 0. The van der Waals surface area contributed by atoms with E-state index in [1.54, 1.807) is 24.3 Å². The molecule has 0 aliphatic heterocycles. The van der Waals surface area contributed by atoms with Crippen LogP contribution in [-0.4, -0.2) is 33.2 Å². The molecule has 112 valence electrons. The van der Waals surface area contributed by atoms with Crippen LogP contribution in [0.5, 0.6) is 0 Å². The van der Waals surface area contributed by atoms with Crippen LogP contribution in [0, 0.1) is 0 Å². The molecule has 0 aliphatic carbocycles. The summed E-state index contributed by atoms with van der Waals surface area (Å²) in [5.74, 6) is -0.337.